The van der Waals surface area contributed by atoms with Crippen LogP contribution in [-0.2, 0) is 20.7 Å². The van der Waals surface area contributed by atoms with Crippen molar-refractivity contribution >= 4 is 40.9 Å². The molecule has 0 aliphatic carbocycles. The van der Waals surface area contributed by atoms with Crippen molar-refractivity contribution in [1.82, 2.24) is 0 Å². The van der Waals surface area contributed by atoms with Gasteiger partial charge in [-0.3, -0.25) is 9.59 Å². The smallest absolute Gasteiger partial charge is 0.338 e. The standard InChI is InChI=1S/C20H20N2O4S/c1-2-13-3-6-15(7-4-13)21-19(24)12-26-20(25)14-5-8-17-16(11-14)22-18(23)9-10-27-17/h3-8,11H,2,9-10,12H2,1H3,(H,21,24)(H,22,23). The van der Waals surface area contributed by atoms with E-state index < -0.39 is 11.9 Å². The third kappa shape index (κ3) is 5.10. The van der Waals surface area contributed by atoms with Crippen molar-refractivity contribution in [3.8, 4) is 0 Å². The van der Waals surface area contributed by atoms with E-state index in [1.807, 2.05) is 24.3 Å². The Labute approximate surface area is 161 Å². The molecule has 0 bridgehead atoms. The molecule has 3 rings (SSSR count). The maximum Gasteiger partial charge on any atom is 0.338 e. The van der Waals surface area contributed by atoms with E-state index in [4.69, 9.17) is 4.74 Å². The normalized spacial score (nSPS) is 13.1. The third-order valence-electron chi connectivity index (χ3n) is 4.06. The predicted molar refractivity (Wildman–Crippen MR) is 105 cm³/mol. The molecule has 0 unspecified atom stereocenters. The Morgan fingerprint density at radius 2 is 1.96 bits per heavy atom. The monoisotopic (exact) mass is 384 g/mol. The molecule has 6 nitrogen and oxygen atoms in total. The molecule has 2 amide bonds. The van der Waals surface area contributed by atoms with Gasteiger partial charge in [0.2, 0.25) is 5.91 Å². The Hall–Kier alpha value is -2.80. The SMILES string of the molecule is CCc1ccc(NC(=O)COC(=O)c2ccc3c(c2)NC(=O)CCS3)cc1. The Morgan fingerprint density at radius 3 is 2.70 bits per heavy atom. The average Bonchev–Trinajstić information content (AvgIpc) is 2.86. The first-order valence-electron chi connectivity index (χ1n) is 8.68. The van der Waals surface area contributed by atoms with Crippen LogP contribution in [0.3, 0.4) is 0 Å². The number of esters is 1. The van der Waals surface area contributed by atoms with Crippen LogP contribution < -0.4 is 10.6 Å². The summed E-state index contributed by atoms with van der Waals surface area (Å²) in [7, 11) is 0. The molecule has 0 aromatic heterocycles. The molecule has 7 heteroatoms. The summed E-state index contributed by atoms with van der Waals surface area (Å²) in [4.78, 5) is 36.8. The summed E-state index contributed by atoms with van der Waals surface area (Å²) in [5, 5.41) is 5.47. The van der Waals surface area contributed by atoms with Crippen molar-refractivity contribution in [3.63, 3.8) is 0 Å². The maximum absolute atomic E-state index is 12.2. The molecule has 1 aliphatic heterocycles. The van der Waals surface area contributed by atoms with E-state index in [9.17, 15) is 14.4 Å². The quantitative estimate of drug-likeness (QED) is 0.771. The summed E-state index contributed by atoms with van der Waals surface area (Å²) >= 11 is 1.56. The second kappa shape index (κ2) is 8.73. The van der Waals surface area contributed by atoms with Gasteiger partial charge in [0, 0.05) is 22.8 Å². The first-order valence-corrected chi connectivity index (χ1v) is 9.66. The number of fused-ring (bicyclic) bond motifs is 1. The summed E-state index contributed by atoms with van der Waals surface area (Å²) in [6, 6.07) is 12.5. The number of thioether (sulfide) groups is 1. The molecular formula is C20H20N2O4S. The molecule has 0 saturated heterocycles. The fourth-order valence-electron chi connectivity index (χ4n) is 2.58. The van der Waals surface area contributed by atoms with Crippen LogP contribution in [0.15, 0.2) is 47.4 Å². The highest BCUT2D eigenvalue weighted by atomic mass is 32.2. The zero-order valence-electron chi connectivity index (χ0n) is 14.9. The summed E-state index contributed by atoms with van der Waals surface area (Å²) < 4.78 is 5.09. The molecule has 2 aromatic rings. The van der Waals surface area contributed by atoms with Crippen LogP contribution in [0, 0.1) is 0 Å². The van der Waals surface area contributed by atoms with Crippen LogP contribution in [0.1, 0.15) is 29.3 Å². The van der Waals surface area contributed by atoms with E-state index in [-0.39, 0.29) is 18.1 Å². The highest BCUT2D eigenvalue weighted by Gasteiger charge is 2.17. The Kier molecular flexibility index (Phi) is 6.13. The molecule has 1 aliphatic rings. The number of rotatable bonds is 5. The molecule has 140 valence electrons. The fourth-order valence-corrected chi connectivity index (χ4v) is 3.52. The number of ether oxygens (including phenoxy) is 1. The molecule has 0 spiro atoms. The van der Waals surface area contributed by atoms with Gasteiger partial charge in [-0.15, -0.1) is 11.8 Å². The number of nitrogens with one attached hydrogen (secondary N) is 2. The Balaban J connectivity index is 1.57. The molecular weight excluding hydrogens is 364 g/mol. The number of anilines is 2. The van der Waals surface area contributed by atoms with E-state index in [0.717, 1.165) is 11.3 Å². The number of aryl methyl sites for hydroxylation is 1. The summed E-state index contributed by atoms with van der Waals surface area (Å²) in [5.74, 6) is -0.411. The van der Waals surface area contributed by atoms with E-state index in [1.54, 1.807) is 30.0 Å². The molecule has 1 heterocycles. The molecule has 27 heavy (non-hydrogen) atoms. The van der Waals surface area contributed by atoms with Gasteiger partial charge in [-0.2, -0.15) is 0 Å². The summed E-state index contributed by atoms with van der Waals surface area (Å²) in [6.45, 7) is 1.67. The zero-order chi connectivity index (χ0) is 19.2. The Morgan fingerprint density at radius 1 is 1.19 bits per heavy atom. The van der Waals surface area contributed by atoms with Crippen LogP contribution in [0.5, 0.6) is 0 Å². The molecule has 0 saturated carbocycles. The van der Waals surface area contributed by atoms with Crippen molar-refractivity contribution in [1.29, 1.82) is 0 Å². The van der Waals surface area contributed by atoms with Crippen molar-refractivity contribution in [2.75, 3.05) is 23.0 Å². The van der Waals surface area contributed by atoms with Crippen molar-refractivity contribution in [3.05, 3.63) is 53.6 Å². The maximum atomic E-state index is 12.2. The minimum absolute atomic E-state index is 0.0831. The van der Waals surface area contributed by atoms with E-state index in [1.165, 1.54) is 5.56 Å². The lowest BCUT2D eigenvalue weighted by Crippen LogP contribution is -2.21. The van der Waals surface area contributed by atoms with Gasteiger partial charge >= 0.3 is 5.97 Å². The minimum atomic E-state index is -0.613. The topological polar surface area (TPSA) is 84.5 Å². The number of carbonyl (C=O) groups is 3. The van der Waals surface area contributed by atoms with Crippen LogP contribution in [-0.4, -0.2) is 30.1 Å². The van der Waals surface area contributed by atoms with Crippen LogP contribution >= 0.6 is 11.8 Å². The highest BCUT2D eigenvalue weighted by molar-refractivity contribution is 7.99. The minimum Gasteiger partial charge on any atom is -0.452 e. The van der Waals surface area contributed by atoms with Crippen molar-refractivity contribution in [2.24, 2.45) is 0 Å². The summed E-state index contributed by atoms with van der Waals surface area (Å²) in [5.41, 5.74) is 2.71. The molecule has 2 aromatic carbocycles. The second-order valence-corrected chi connectivity index (χ2v) is 7.17. The lowest BCUT2D eigenvalue weighted by molar-refractivity contribution is -0.119. The molecule has 0 fully saturated rings. The second-order valence-electron chi connectivity index (χ2n) is 6.03. The predicted octanol–water partition coefficient (Wildman–Crippen LogP) is 3.48. The highest BCUT2D eigenvalue weighted by Crippen LogP contribution is 2.31. The van der Waals surface area contributed by atoms with Crippen LogP contribution in [0.4, 0.5) is 11.4 Å². The van der Waals surface area contributed by atoms with Gasteiger partial charge in [-0.25, -0.2) is 4.79 Å². The van der Waals surface area contributed by atoms with E-state index in [2.05, 4.69) is 17.6 Å². The Bertz CT molecular complexity index is 865. The largest absolute Gasteiger partial charge is 0.452 e. The number of hydrogen-bond acceptors (Lipinski definition) is 5. The number of amides is 2. The van der Waals surface area contributed by atoms with Gasteiger partial charge in [0.15, 0.2) is 6.61 Å². The fraction of sp³-hybridized carbons (Fsp3) is 0.250. The first kappa shape index (κ1) is 19.0. The van der Waals surface area contributed by atoms with Crippen LogP contribution in [0.2, 0.25) is 0 Å². The third-order valence-corrected chi connectivity index (χ3v) is 5.13. The van der Waals surface area contributed by atoms with Gasteiger partial charge in [-0.05, 0) is 42.3 Å². The number of hydrogen-bond donors (Lipinski definition) is 2. The van der Waals surface area contributed by atoms with Gasteiger partial charge in [0.25, 0.3) is 5.91 Å². The molecule has 0 atom stereocenters. The van der Waals surface area contributed by atoms with E-state index in [0.29, 0.717) is 23.5 Å². The van der Waals surface area contributed by atoms with Gasteiger partial charge in [0.05, 0.1) is 11.3 Å². The average molecular weight is 384 g/mol. The lowest BCUT2D eigenvalue weighted by Gasteiger charge is -2.10. The summed E-state index contributed by atoms with van der Waals surface area (Å²) in [6.07, 6.45) is 1.35. The lowest BCUT2D eigenvalue weighted by atomic mass is 10.1. The first-order chi connectivity index (χ1) is 13.0. The zero-order valence-corrected chi connectivity index (χ0v) is 15.7. The van der Waals surface area contributed by atoms with Crippen molar-refractivity contribution < 1.29 is 19.1 Å². The van der Waals surface area contributed by atoms with Gasteiger partial charge in [-0.1, -0.05) is 19.1 Å². The van der Waals surface area contributed by atoms with Gasteiger partial charge < -0.3 is 15.4 Å². The molecule has 0 radical (unpaired) electrons. The van der Waals surface area contributed by atoms with Crippen LogP contribution in [0.25, 0.3) is 0 Å². The van der Waals surface area contributed by atoms with Crippen molar-refractivity contribution in [2.45, 2.75) is 24.7 Å². The van der Waals surface area contributed by atoms with E-state index >= 15 is 0 Å². The molecule has 2 N–H and O–H groups in total. The number of carbonyl (C=O) groups excluding carboxylic acids is 3. The number of benzene rings is 2. The van der Waals surface area contributed by atoms with Gasteiger partial charge in [0.1, 0.15) is 0 Å².